The second kappa shape index (κ2) is 5.27. The van der Waals surface area contributed by atoms with Crippen LogP contribution in [0.2, 0.25) is 0 Å². The molecule has 0 amide bonds. The zero-order valence-corrected chi connectivity index (χ0v) is 9.93. The van der Waals surface area contributed by atoms with E-state index in [2.05, 4.69) is 10.3 Å². The maximum Gasteiger partial charge on any atom is 0.309 e. The van der Waals surface area contributed by atoms with E-state index >= 15 is 0 Å². The number of aromatic nitrogens is 3. The molecule has 1 aliphatic heterocycles. The van der Waals surface area contributed by atoms with Gasteiger partial charge in [0.15, 0.2) is 0 Å². The number of carboxylic acid groups (broad SMARTS) is 1. The molecule has 2 rings (SSSR count). The first-order valence-corrected chi connectivity index (χ1v) is 5.95. The first-order chi connectivity index (χ1) is 8.20. The lowest BCUT2D eigenvalue weighted by molar-refractivity contribution is -0.136. The summed E-state index contributed by atoms with van der Waals surface area (Å²) in [5.74, 6) is -0.871. The topological polar surface area (TPSA) is 77.2 Å². The van der Waals surface area contributed by atoms with Crippen LogP contribution in [0.1, 0.15) is 31.2 Å². The fourth-order valence-corrected chi connectivity index (χ4v) is 2.16. The average molecular weight is 239 g/mol. The lowest BCUT2D eigenvalue weighted by atomic mass is 10.2. The van der Waals surface area contributed by atoms with Crippen LogP contribution < -0.4 is 0 Å². The van der Waals surface area contributed by atoms with Gasteiger partial charge in [-0.2, -0.15) is 0 Å². The van der Waals surface area contributed by atoms with E-state index in [1.807, 2.05) is 6.92 Å². The molecule has 1 N–H and O–H groups in total. The number of carbonyl (C=O) groups is 1. The third-order valence-corrected chi connectivity index (χ3v) is 2.97. The number of aliphatic carboxylic acids is 1. The second-order valence-corrected chi connectivity index (χ2v) is 4.22. The summed E-state index contributed by atoms with van der Waals surface area (Å²) in [5.41, 5.74) is 1.47. The third kappa shape index (κ3) is 2.82. The fraction of sp³-hybridized carbons (Fsp3) is 0.727. The van der Waals surface area contributed by atoms with Crippen LogP contribution in [0.15, 0.2) is 0 Å². The quantitative estimate of drug-likeness (QED) is 0.816. The Morgan fingerprint density at radius 1 is 1.65 bits per heavy atom. The molecular formula is C11H17N3O3. The molecule has 0 bridgehead atoms. The minimum atomic E-state index is -0.871. The van der Waals surface area contributed by atoms with E-state index in [0.29, 0.717) is 12.2 Å². The van der Waals surface area contributed by atoms with E-state index in [-0.39, 0.29) is 12.5 Å². The molecule has 1 saturated heterocycles. The summed E-state index contributed by atoms with van der Waals surface area (Å²) >= 11 is 0. The summed E-state index contributed by atoms with van der Waals surface area (Å²) in [5, 5.41) is 16.8. The van der Waals surface area contributed by atoms with E-state index in [1.54, 1.807) is 4.68 Å². The van der Waals surface area contributed by atoms with Crippen molar-refractivity contribution < 1.29 is 14.6 Å². The molecular weight excluding hydrogens is 222 g/mol. The predicted octanol–water partition coefficient (Wildman–Crippen LogP) is 0.647. The van der Waals surface area contributed by atoms with E-state index in [0.717, 1.165) is 31.6 Å². The van der Waals surface area contributed by atoms with Crippen molar-refractivity contribution in [1.29, 1.82) is 0 Å². The molecule has 1 atom stereocenters. The number of nitrogens with zero attached hydrogens (tertiary/aromatic N) is 3. The van der Waals surface area contributed by atoms with Crippen molar-refractivity contribution in [3.8, 4) is 0 Å². The van der Waals surface area contributed by atoms with Gasteiger partial charge in [-0.05, 0) is 19.3 Å². The molecule has 0 saturated carbocycles. The Bertz CT molecular complexity index is 397. The molecule has 1 aromatic rings. The van der Waals surface area contributed by atoms with Crippen LogP contribution in [0.3, 0.4) is 0 Å². The van der Waals surface area contributed by atoms with Crippen LogP contribution in [-0.2, 0) is 28.9 Å². The van der Waals surface area contributed by atoms with E-state index in [9.17, 15) is 4.79 Å². The van der Waals surface area contributed by atoms with Crippen LogP contribution in [0.5, 0.6) is 0 Å². The van der Waals surface area contributed by atoms with Crippen LogP contribution >= 0.6 is 0 Å². The minimum Gasteiger partial charge on any atom is -0.481 e. The SMILES string of the molecule is CCc1c(CC(=O)O)nnn1CC1CCCO1. The van der Waals surface area contributed by atoms with Gasteiger partial charge in [0.2, 0.25) is 0 Å². The van der Waals surface area contributed by atoms with Crippen LogP contribution in [0, 0.1) is 0 Å². The standard InChI is InChI=1S/C11H17N3O3/c1-2-10-9(6-11(15)16)12-13-14(10)7-8-4-3-5-17-8/h8H,2-7H2,1H3,(H,15,16). The monoisotopic (exact) mass is 239 g/mol. The lowest BCUT2D eigenvalue weighted by Gasteiger charge is -2.11. The Kier molecular flexibility index (Phi) is 3.73. The zero-order valence-electron chi connectivity index (χ0n) is 9.93. The number of hydrogen-bond acceptors (Lipinski definition) is 4. The second-order valence-electron chi connectivity index (χ2n) is 4.22. The lowest BCUT2D eigenvalue weighted by Crippen LogP contribution is -2.18. The molecule has 0 aliphatic carbocycles. The average Bonchev–Trinajstić information content (AvgIpc) is 2.89. The van der Waals surface area contributed by atoms with Crippen molar-refractivity contribution in [2.45, 2.75) is 45.3 Å². The van der Waals surface area contributed by atoms with Gasteiger partial charge in [0.1, 0.15) is 0 Å². The van der Waals surface area contributed by atoms with Gasteiger partial charge >= 0.3 is 5.97 Å². The van der Waals surface area contributed by atoms with Crippen molar-refractivity contribution in [2.75, 3.05) is 6.61 Å². The maximum absolute atomic E-state index is 10.7. The Morgan fingerprint density at radius 2 is 2.47 bits per heavy atom. The van der Waals surface area contributed by atoms with Gasteiger partial charge in [-0.1, -0.05) is 12.1 Å². The van der Waals surface area contributed by atoms with Crippen molar-refractivity contribution in [2.24, 2.45) is 0 Å². The molecule has 1 aromatic heterocycles. The van der Waals surface area contributed by atoms with Crippen LogP contribution in [0.25, 0.3) is 0 Å². The molecule has 0 radical (unpaired) electrons. The summed E-state index contributed by atoms with van der Waals surface area (Å²) in [4.78, 5) is 10.7. The normalized spacial score (nSPS) is 19.7. The highest BCUT2D eigenvalue weighted by Gasteiger charge is 2.20. The summed E-state index contributed by atoms with van der Waals surface area (Å²) in [7, 11) is 0. The van der Waals surface area contributed by atoms with Gasteiger partial charge in [0.25, 0.3) is 0 Å². The molecule has 94 valence electrons. The van der Waals surface area contributed by atoms with Gasteiger partial charge in [-0.15, -0.1) is 5.10 Å². The Labute approximate surface area is 99.6 Å². The minimum absolute atomic E-state index is 0.0608. The molecule has 17 heavy (non-hydrogen) atoms. The predicted molar refractivity (Wildman–Crippen MR) is 59.7 cm³/mol. The summed E-state index contributed by atoms with van der Waals surface area (Å²) in [6.07, 6.45) is 3.00. The highest BCUT2D eigenvalue weighted by Crippen LogP contribution is 2.16. The molecule has 0 aromatic carbocycles. The Hall–Kier alpha value is -1.43. The zero-order chi connectivity index (χ0) is 12.3. The van der Waals surface area contributed by atoms with Crippen LogP contribution in [-0.4, -0.2) is 38.8 Å². The summed E-state index contributed by atoms with van der Waals surface area (Å²) in [6.45, 7) is 3.47. The van der Waals surface area contributed by atoms with Gasteiger partial charge in [0, 0.05) is 6.61 Å². The van der Waals surface area contributed by atoms with Crippen molar-refractivity contribution >= 4 is 5.97 Å². The number of hydrogen-bond donors (Lipinski definition) is 1. The molecule has 0 spiro atoms. The largest absolute Gasteiger partial charge is 0.481 e. The number of carboxylic acids is 1. The number of rotatable bonds is 5. The highest BCUT2D eigenvalue weighted by molar-refractivity contribution is 5.69. The van der Waals surface area contributed by atoms with Crippen molar-refractivity contribution in [3.05, 3.63) is 11.4 Å². The molecule has 1 aliphatic rings. The summed E-state index contributed by atoms with van der Waals surface area (Å²) < 4.78 is 7.33. The van der Waals surface area contributed by atoms with Gasteiger partial charge in [-0.25, -0.2) is 4.68 Å². The van der Waals surface area contributed by atoms with Gasteiger partial charge < -0.3 is 9.84 Å². The molecule has 1 unspecified atom stereocenters. The van der Waals surface area contributed by atoms with E-state index in [4.69, 9.17) is 9.84 Å². The van der Waals surface area contributed by atoms with Crippen molar-refractivity contribution in [3.63, 3.8) is 0 Å². The Morgan fingerprint density at radius 3 is 3.06 bits per heavy atom. The van der Waals surface area contributed by atoms with Gasteiger partial charge in [0.05, 0.1) is 30.5 Å². The smallest absolute Gasteiger partial charge is 0.309 e. The highest BCUT2D eigenvalue weighted by atomic mass is 16.5. The molecule has 1 fully saturated rings. The fourth-order valence-electron chi connectivity index (χ4n) is 2.16. The van der Waals surface area contributed by atoms with Crippen molar-refractivity contribution in [1.82, 2.24) is 15.0 Å². The molecule has 6 nitrogen and oxygen atoms in total. The van der Waals surface area contributed by atoms with E-state index < -0.39 is 5.97 Å². The first kappa shape index (κ1) is 12.0. The molecule has 6 heteroatoms. The van der Waals surface area contributed by atoms with E-state index in [1.165, 1.54) is 0 Å². The third-order valence-electron chi connectivity index (χ3n) is 2.97. The first-order valence-electron chi connectivity index (χ1n) is 5.95. The maximum atomic E-state index is 10.7. The van der Waals surface area contributed by atoms with Crippen LogP contribution in [0.4, 0.5) is 0 Å². The van der Waals surface area contributed by atoms with Gasteiger partial charge in [-0.3, -0.25) is 4.79 Å². The molecule has 2 heterocycles. The Balaban J connectivity index is 2.10. The summed E-state index contributed by atoms with van der Waals surface area (Å²) in [6, 6.07) is 0. The number of ether oxygens (including phenoxy) is 1.